The molecule has 0 aliphatic rings. The molecule has 0 fully saturated rings. The van der Waals surface area contributed by atoms with Crippen molar-refractivity contribution in [1.82, 2.24) is 0 Å². The van der Waals surface area contributed by atoms with Crippen molar-refractivity contribution in [2.24, 2.45) is 0 Å². The Hall–Kier alpha value is -3.04. The normalized spacial score (nSPS) is 11.1. The molecule has 4 heteroatoms. The van der Waals surface area contributed by atoms with Gasteiger partial charge in [-0.2, -0.15) is 0 Å². The first-order chi connectivity index (χ1) is 13.1. The van der Waals surface area contributed by atoms with Crippen LogP contribution in [0.25, 0.3) is 11.6 Å². The first kappa shape index (κ1) is 18.7. The molecule has 136 valence electrons. The zero-order valence-corrected chi connectivity index (χ0v) is 16.0. The van der Waals surface area contributed by atoms with Crippen molar-refractivity contribution in [2.45, 2.75) is 6.92 Å². The average Bonchev–Trinajstić information content (AvgIpc) is 2.70. The SMILES string of the molecule is COc1cc(Cl)c(C)cc1NC(=O)/C(=C/c1ccccc1)c1ccccc1. The van der Waals surface area contributed by atoms with Gasteiger partial charge in [-0.15, -0.1) is 0 Å². The van der Waals surface area contributed by atoms with Gasteiger partial charge in [-0.05, 0) is 35.8 Å². The highest BCUT2D eigenvalue weighted by Gasteiger charge is 2.15. The number of hydrogen-bond acceptors (Lipinski definition) is 2. The summed E-state index contributed by atoms with van der Waals surface area (Å²) in [6.45, 7) is 1.88. The molecule has 0 saturated heterocycles. The van der Waals surface area contributed by atoms with E-state index in [-0.39, 0.29) is 5.91 Å². The summed E-state index contributed by atoms with van der Waals surface area (Å²) in [4.78, 5) is 13.1. The number of hydrogen-bond donors (Lipinski definition) is 1. The number of amides is 1. The standard InChI is InChI=1S/C23H20ClNO2/c1-16-13-21(22(27-2)15-20(16)24)25-23(26)19(18-11-7-4-8-12-18)14-17-9-5-3-6-10-17/h3-15H,1-2H3,(H,25,26)/b19-14+. The summed E-state index contributed by atoms with van der Waals surface area (Å²) in [7, 11) is 1.55. The van der Waals surface area contributed by atoms with E-state index in [1.807, 2.05) is 79.7 Å². The van der Waals surface area contributed by atoms with Crippen LogP contribution in [0.15, 0.2) is 72.8 Å². The van der Waals surface area contributed by atoms with E-state index >= 15 is 0 Å². The lowest BCUT2D eigenvalue weighted by Gasteiger charge is -2.14. The van der Waals surface area contributed by atoms with E-state index in [4.69, 9.17) is 16.3 Å². The molecule has 0 spiro atoms. The van der Waals surface area contributed by atoms with Gasteiger partial charge in [0, 0.05) is 16.7 Å². The van der Waals surface area contributed by atoms with Crippen LogP contribution >= 0.6 is 11.6 Å². The van der Waals surface area contributed by atoms with Crippen LogP contribution in [-0.4, -0.2) is 13.0 Å². The van der Waals surface area contributed by atoms with Gasteiger partial charge in [0.2, 0.25) is 0 Å². The third kappa shape index (κ3) is 4.57. The molecule has 1 N–H and O–H groups in total. The highest BCUT2D eigenvalue weighted by atomic mass is 35.5. The van der Waals surface area contributed by atoms with Crippen molar-refractivity contribution >= 4 is 34.8 Å². The van der Waals surface area contributed by atoms with Gasteiger partial charge >= 0.3 is 0 Å². The van der Waals surface area contributed by atoms with Gasteiger partial charge in [0.05, 0.1) is 12.8 Å². The monoisotopic (exact) mass is 377 g/mol. The lowest BCUT2D eigenvalue weighted by atomic mass is 10.0. The number of methoxy groups -OCH3 is 1. The Morgan fingerprint density at radius 1 is 1.00 bits per heavy atom. The van der Waals surface area contributed by atoms with Crippen molar-refractivity contribution in [3.63, 3.8) is 0 Å². The zero-order chi connectivity index (χ0) is 19.2. The molecule has 3 rings (SSSR count). The Morgan fingerprint density at radius 2 is 1.63 bits per heavy atom. The fourth-order valence-corrected chi connectivity index (χ4v) is 2.89. The van der Waals surface area contributed by atoms with Crippen molar-refractivity contribution in [1.29, 1.82) is 0 Å². The number of rotatable bonds is 5. The van der Waals surface area contributed by atoms with Crippen molar-refractivity contribution < 1.29 is 9.53 Å². The van der Waals surface area contributed by atoms with E-state index in [0.717, 1.165) is 16.7 Å². The maximum absolute atomic E-state index is 13.1. The Morgan fingerprint density at radius 3 is 2.26 bits per heavy atom. The van der Waals surface area contributed by atoms with Crippen molar-refractivity contribution in [2.75, 3.05) is 12.4 Å². The second kappa shape index (κ2) is 8.56. The Balaban J connectivity index is 2.00. The first-order valence-electron chi connectivity index (χ1n) is 8.56. The summed E-state index contributed by atoms with van der Waals surface area (Å²) >= 11 is 6.16. The first-order valence-corrected chi connectivity index (χ1v) is 8.94. The van der Waals surface area contributed by atoms with E-state index in [0.29, 0.717) is 22.0 Å². The minimum atomic E-state index is -0.218. The number of ether oxygens (including phenoxy) is 1. The molecule has 3 nitrogen and oxygen atoms in total. The highest BCUT2D eigenvalue weighted by Crippen LogP contribution is 2.32. The van der Waals surface area contributed by atoms with E-state index in [1.165, 1.54) is 0 Å². The second-order valence-corrected chi connectivity index (χ2v) is 6.50. The molecule has 0 aliphatic carbocycles. The lowest BCUT2D eigenvalue weighted by molar-refractivity contribution is -0.111. The van der Waals surface area contributed by atoms with E-state index < -0.39 is 0 Å². The molecule has 0 aliphatic heterocycles. The van der Waals surface area contributed by atoms with Crippen LogP contribution in [0.1, 0.15) is 16.7 Å². The molecule has 0 unspecified atom stereocenters. The molecule has 27 heavy (non-hydrogen) atoms. The molecule has 0 heterocycles. The third-order valence-corrected chi connectivity index (χ3v) is 4.58. The largest absolute Gasteiger partial charge is 0.495 e. The van der Waals surface area contributed by atoms with Crippen LogP contribution in [-0.2, 0) is 4.79 Å². The second-order valence-electron chi connectivity index (χ2n) is 6.09. The smallest absolute Gasteiger partial charge is 0.256 e. The summed E-state index contributed by atoms with van der Waals surface area (Å²) in [6.07, 6.45) is 1.87. The lowest BCUT2D eigenvalue weighted by Crippen LogP contribution is -2.14. The fraction of sp³-hybridized carbons (Fsp3) is 0.0870. The number of aryl methyl sites for hydroxylation is 1. The van der Waals surface area contributed by atoms with Gasteiger partial charge in [-0.25, -0.2) is 0 Å². The van der Waals surface area contributed by atoms with Crippen molar-refractivity contribution in [3.05, 3.63) is 94.5 Å². The van der Waals surface area contributed by atoms with Crippen LogP contribution in [0, 0.1) is 6.92 Å². The summed E-state index contributed by atoms with van der Waals surface area (Å²) in [5, 5.41) is 3.55. The van der Waals surface area contributed by atoms with E-state index in [9.17, 15) is 4.79 Å². The third-order valence-electron chi connectivity index (χ3n) is 4.17. The fourth-order valence-electron chi connectivity index (χ4n) is 2.73. The number of anilines is 1. The molecular formula is C23H20ClNO2. The maximum Gasteiger partial charge on any atom is 0.256 e. The summed E-state index contributed by atoms with van der Waals surface area (Å²) in [6, 6.07) is 22.8. The topological polar surface area (TPSA) is 38.3 Å². The van der Waals surface area contributed by atoms with Gasteiger partial charge < -0.3 is 10.1 Å². The van der Waals surface area contributed by atoms with Gasteiger partial charge in [-0.1, -0.05) is 72.3 Å². The number of carbonyl (C=O) groups excluding carboxylic acids is 1. The zero-order valence-electron chi connectivity index (χ0n) is 15.2. The molecule has 0 aromatic heterocycles. The molecule has 0 radical (unpaired) electrons. The maximum atomic E-state index is 13.1. The number of halogens is 1. The Labute approximate surface area is 164 Å². The minimum Gasteiger partial charge on any atom is -0.495 e. The summed E-state index contributed by atoms with van der Waals surface area (Å²) < 4.78 is 5.37. The summed E-state index contributed by atoms with van der Waals surface area (Å²) in [5.74, 6) is 0.302. The Kier molecular flexibility index (Phi) is 5.94. The van der Waals surface area contributed by atoms with Gasteiger partial charge in [0.15, 0.2) is 0 Å². The van der Waals surface area contributed by atoms with E-state index in [1.54, 1.807) is 13.2 Å². The highest BCUT2D eigenvalue weighted by molar-refractivity contribution is 6.32. The van der Waals surface area contributed by atoms with Crippen LogP contribution in [0.3, 0.4) is 0 Å². The van der Waals surface area contributed by atoms with Crippen LogP contribution in [0.5, 0.6) is 5.75 Å². The predicted octanol–water partition coefficient (Wildman–Crippen LogP) is 5.84. The Bertz CT molecular complexity index is 966. The molecule has 3 aromatic rings. The van der Waals surface area contributed by atoms with Gasteiger partial charge in [0.25, 0.3) is 5.91 Å². The quantitative estimate of drug-likeness (QED) is 0.448. The number of nitrogens with one attached hydrogen (secondary N) is 1. The van der Waals surface area contributed by atoms with Crippen LogP contribution in [0.2, 0.25) is 5.02 Å². The molecule has 0 saturated carbocycles. The average molecular weight is 378 g/mol. The number of carbonyl (C=O) groups is 1. The van der Waals surface area contributed by atoms with Gasteiger partial charge in [-0.3, -0.25) is 4.79 Å². The van der Waals surface area contributed by atoms with Crippen LogP contribution in [0.4, 0.5) is 5.69 Å². The van der Waals surface area contributed by atoms with E-state index in [2.05, 4.69) is 5.32 Å². The molecular weight excluding hydrogens is 358 g/mol. The summed E-state index contributed by atoms with van der Waals surface area (Å²) in [5.41, 5.74) is 3.80. The molecule has 0 atom stereocenters. The molecule has 1 amide bonds. The van der Waals surface area contributed by atoms with Crippen molar-refractivity contribution in [3.8, 4) is 5.75 Å². The molecule has 0 bridgehead atoms. The number of benzene rings is 3. The van der Waals surface area contributed by atoms with Gasteiger partial charge in [0.1, 0.15) is 5.75 Å². The molecule has 3 aromatic carbocycles. The van der Waals surface area contributed by atoms with Crippen LogP contribution < -0.4 is 10.1 Å². The predicted molar refractivity (Wildman–Crippen MR) is 112 cm³/mol. The minimum absolute atomic E-state index is 0.218.